The fourth-order valence-corrected chi connectivity index (χ4v) is 4.21. The number of hydrogen-bond acceptors (Lipinski definition) is 3. The largest absolute Gasteiger partial charge is 0.496 e. The number of nitrogens with zero attached hydrogens (tertiary/aromatic N) is 1. The number of likely N-dealkylation sites (tertiary alicyclic amines) is 1. The second-order valence-electron chi connectivity index (χ2n) is 6.71. The number of halogens is 3. The molecule has 7 heteroatoms. The number of hydrogen-bond donors (Lipinski definition) is 1. The van der Waals surface area contributed by atoms with Crippen LogP contribution in [0.5, 0.6) is 5.75 Å². The van der Waals surface area contributed by atoms with Crippen molar-refractivity contribution in [3.05, 3.63) is 63.6 Å². The molecule has 1 amide bonds. The summed E-state index contributed by atoms with van der Waals surface area (Å²) in [5.74, 6) is 0.107. The Balaban J connectivity index is 0.00000261. The maximum Gasteiger partial charge on any atom is 0.257 e. The predicted molar refractivity (Wildman–Crippen MR) is 113 cm³/mol. The normalized spacial score (nSPS) is 19.9. The fourth-order valence-electron chi connectivity index (χ4n) is 3.65. The van der Waals surface area contributed by atoms with Gasteiger partial charge in [-0.25, -0.2) is 0 Å². The summed E-state index contributed by atoms with van der Waals surface area (Å²) >= 11 is 12.3. The first-order valence-electron chi connectivity index (χ1n) is 8.55. The van der Waals surface area contributed by atoms with Crippen molar-refractivity contribution in [3.8, 4) is 5.75 Å². The zero-order valence-electron chi connectivity index (χ0n) is 15.3. The Hall–Kier alpha value is -1.46. The van der Waals surface area contributed by atoms with E-state index < -0.39 is 5.54 Å². The molecule has 146 valence electrons. The minimum absolute atomic E-state index is 0. The van der Waals surface area contributed by atoms with Crippen LogP contribution in [0.25, 0.3) is 0 Å². The third-order valence-corrected chi connectivity index (χ3v) is 5.34. The van der Waals surface area contributed by atoms with Gasteiger partial charge in [-0.15, -0.1) is 12.4 Å². The van der Waals surface area contributed by atoms with E-state index in [0.29, 0.717) is 16.3 Å². The molecule has 0 bridgehead atoms. The van der Waals surface area contributed by atoms with Crippen LogP contribution in [0.4, 0.5) is 0 Å². The molecular weight excluding hydrogens is 407 g/mol. The summed E-state index contributed by atoms with van der Waals surface area (Å²) in [6.07, 6.45) is 1.86. The minimum Gasteiger partial charge on any atom is -0.496 e. The van der Waals surface area contributed by atoms with Crippen molar-refractivity contribution in [2.45, 2.75) is 18.4 Å². The lowest BCUT2D eigenvalue weighted by Crippen LogP contribution is -2.55. The van der Waals surface area contributed by atoms with Gasteiger partial charge in [-0.2, -0.15) is 0 Å². The smallest absolute Gasteiger partial charge is 0.257 e. The highest BCUT2D eigenvalue weighted by Crippen LogP contribution is 2.35. The lowest BCUT2D eigenvalue weighted by molar-refractivity contribution is 0.0805. The van der Waals surface area contributed by atoms with E-state index in [1.807, 2.05) is 18.2 Å². The van der Waals surface area contributed by atoms with E-state index in [2.05, 4.69) is 29.4 Å². The first-order valence-corrected chi connectivity index (χ1v) is 9.30. The molecule has 1 unspecified atom stereocenters. The third kappa shape index (κ3) is 4.69. The van der Waals surface area contributed by atoms with Crippen LogP contribution in [0.2, 0.25) is 10.0 Å². The van der Waals surface area contributed by atoms with Crippen LogP contribution in [0.3, 0.4) is 0 Å². The molecule has 1 atom stereocenters. The highest BCUT2D eigenvalue weighted by Gasteiger charge is 2.38. The van der Waals surface area contributed by atoms with Gasteiger partial charge in [-0.3, -0.25) is 4.79 Å². The molecule has 4 nitrogen and oxygen atoms in total. The second kappa shape index (κ2) is 9.16. The van der Waals surface area contributed by atoms with Gasteiger partial charge in [0, 0.05) is 11.6 Å². The Bertz CT molecular complexity index is 801. The molecular formula is C20H23Cl3N2O2. The number of amides is 1. The molecule has 0 radical (unpaired) electrons. The summed E-state index contributed by atoms with van der Waals surface area (Å²) in [5, 5.41) is 3.95. The number of piperidine rings is 1. The fraction of sp³-hybridized carbons (Fsp3) is 0.350. The average molecular weight is 430 g/mol. The van der Waals surface area contributed by atoms with E-state index >= 15 is 0 Å². The van der Waals surface area contributed by atoms with Crippen LogP contribution in [0.1, 0.15) is 28.8 Å². The van der Waals surface area contributed by atoms with Crippen LogP contribution in [-0.4, -0.2) is 38.1 Å². The summed E-state index contributed by atoms with van der Waals surface area (Å²) in [6, 6.07) is 13.2. The predicted octanol–water partition coefficient (Wildman–Crippen LogP) is 4.77. The van der Waals surface area contributed by atoms with Gasteiger partial charge in [0.25, 0.3) is 5.91 Å². The lowest BCUT2D eigenvalue weighted by atomic mass is 9.82. The molecule has 27 heavy (non-hydrogen) atoms. The summed E-state index contributed by atoms with van der Waals surface area (Å²) in [4.78, 5) is 15.4. The number of rotatable bonds is 4. The van der Waals surface area contributed by atoms with Gasteiger partial charge in [0.1, 0.15) is 11.3 Å². The molecule has 2 aromatic carbocycles. The summed E-state index contributed by atoms with van der Waals surface area (Å²) in [7, 11) is 3.57. The summed E-state index contributed by atoms with van der Waals surface area (Å²) < 4.78 is 5.34. The molecule has 2 aromatic rings. The van der Waals surface area contributed by atoms with Crippen LogP contribution in [0.15, 0.2) is 42.5 Å². The molecule has 1 saturated heterocycles. The summed E-state index contributed by atoms with van der Waals surface area (Å²) in [5.41, 5.74) is 0.922. The molecule has 0 aliphatic carbocycles. The molecule has 1 aliphatic heterocycles. The van der Waals surface area contributed by atoms with E-state index in [0.717, 1.165) is 31.5 Å². The van der Waals surface area contributed by atoms with E-state index in [9.17, 15) is 4.79 Å². The van der Waals surface area contributed by atoms with Crippen molar-refractivity contribution in [2.24, 2.45) is 0 Å². The highest BCUT2D eigenvalue weighted by molar-refractivity contribution is 6.37. The Morgan fingerprint density at radius 3 is 2.56 bits per heavy atom. The molecule has 0 saturated carbocycles. The molecule has 1 heterocycles. The van der Waals surface area contributed by atoms with Crippen LogP contribution in [-0.2, 0) is 5.54 Å². The van der Waals surface area contributed by atoms with Gasteiger partial charge in [0.15, 0.2) is 0 Å². The minimum atomic E-state index is -0.473. The first-order chi connectivity index (χ1) is 12.4. The van der Waals surface area contributed by atoms with Crippen molar-refractivity contribution in [1.82, 2.24) is 10.2 Å². The number of methoxy groups -OCH3 is 1. The molecule has 0 spiro atoms. The zero-order chi connectivity index (χ0) is 18.7. The number of carbonyl (C=O) groups excluding carboxylic acids is 1. The topological polar surface area (TPSA) is 41.6 Å². The molecule has 1 fully saturated rings. The van der Waals surface area contributed by atoms with E-state index in [1.165, 1.54) is 7.11 Å². The SMILES string of the molecule is COc1cc(Cl)cc(Cl)c1C(=O)NC1(c2ccccc2)CCCN(C)C1.Cl. The van der Waals surface area contributed by atoms with Crippen LogP contribution in [0, 0.1) is 0 Å². The highest BCUT2D eigenvalue weighted by atomic mass is 35.5. The van der Waals surface area contributed by atoms with Gasteiger partial charge in [0.2, 0.25) is 0 Å². The molecule has 1 aliphatic rings. The number of carbonyl (C=O) groups is 1. The van der Waals surface area contributed by atoms with Gasteiger partial charge in [0.05, 0.1) is 17.7 Å². The Morgan fingerprint density at radius 2 is 1.93 bits per heavy atom. The lowest BCUT2D eigenvalue weighted by Gasteiger charge is -2.42. The van der Waals surface area contributed by atoms with Crippen molar-refractivity contribution in [3.63, 3.8) is 0 Å². The van der Waals surface area contributed by atoms with E-state index in [4.69, 9.17) is 27.9 Å². The van der Waals surface area contributed by atoms with Crippen molar-refractivity contribution in [2.75, 3.05) is 27.2 Å². The Morgan fingerprint density at radius 1 is 1.22 bits per heavy atom. The van der Waals surface area contributed by atoms with Gasteiger partial charge in [-0.05, 0) is 44.1 Å². The standard InChI is InChI=1S/C20H22Cl2N2O2.ClH/c1-24-10-6-9-20(13-24,14-7-4-3-5-8-14)23-19(25)18-16(22)11-15(21)12-17(18)26-2;/h3-5,7-8,11-12H,6,9-10,13H2,1-2H3,(H,23,25);1H. The monoisotopic (exact) mass is 428 g/mol. The van der Waals surface area contributed by atoms with Crippen molar-refractivity contribution < 1.29 is 9.53 Å². The summed E-state index contributed by atoms with van der Waals surface area (Å²) in [6.45, 7) is 1.74. The number of nitrogens with one attached hydrogen (secondary N) is 1. The Labute approximate surface area is 176 Å². The zero-order valence-corrected chi connectivity index (χ0v) is 17.6. The van der Waals surface area contributed by atoms with E-state index in [-0.39, 0.29) is 23.3 Å². The van der Waals surface area contributed by atoms with Gasteiger partial charge >= 0.3 is 0 Å². The number of benzene rings is 2. The number of ether oxygens (including phenoxy) is 1. The molecule has 0 aromatic heterocycles. The quantitative estimate of drug-likeness (QED) is 0.761. The number of likely N-dealkylation sites (N-methyl/N-ethyl adjacent to an activating group) is 1. The van der Waals surface area contributed by atoms with Gasteiger partial charge < -0.3 is 15.0 Å². The van der Waals surface area contributed by atoms with Crippen molar-refractivity contribution in [1.29, 1.82) is 0 Å². The van der Waals surface area contributed by atoms with E-state index in [1.54, 1.807) is 12.1 Å². The second-order valence-corrected chi connectivity index (χ2v) is 7.55. The Kier molecular flexibility index (Phi) is 7.40. The first kappa shape index (κ1) is 21.8. The maximum atomic E-state index is 13.2. The molecule has 1 N–H and O–H groups in total. The molecule has 3 rings (SSSR count). The maximum absolute atomic E-state index is 13.2. The third-order valence-electron chi connectivity index (χ3n) is 4.83. The average Bonchev–Trinajstić information content (AvgIpc) is 2.61. The van der Waals surface area contributed by atoms with Gasteiger partial charge in [-0.1, -0.05) is 53.5 Å². The van der Waals surface area contributed by atoms with Crippen LogP contribution >= 0.6 is 35.6 Å². The van der Waals surface area contributed by atoms with Crippen LogP contribution < -0.4 is 10.1 Å². The van der Waals surface area contributed by atoms with Crippen molar-refractivity contribution >= 4 is 41.5 Å².